The Labute approximate surface area is 139 Å². The summed E-state index contributed by atoms with van der Waals surface area (Å²) in [5, 5.41) is 0. The minimum absolute atomic E-state index is 0.0855. The Hall–Kier alpha value is -0.440. The van der Waals surface area contributed by atoms with Gasteiger partial charge in [-0.3, -0.25) is 0 Å². The third-order valence-electron chi connectivity index (χ3n) is 6.77. The highest BCUT2D eigenvalue weighted by molar-refractivity contribution is 5.11. The first-order valence-corrected chi connectivity index (χ1v) is 9.60. The lowest BCUT2D eigenvalue weighted by molar-refractivity contribution is -0.0716. The maximum absolute atomic E-state index is 14.5. The minimum atomic E-state index is -1.43. The summed E-state index contributed by atoms with van der Waals surface area (Å²) in [7, 11) is 1.49. The van der Waals surface area contributed by atoms with Gasteiger partial charge in [0, 0.05) is 7.11 Å². The summed E-state index contributed by atoms with van der Waals surface area (Å²) in [4.78, 5) is 0. The number of alkyl halides is 2. The van der Waals surface area contributed by atoms with Crippen LogP contribution in [0.1, 0.15) is 64.7 Å². The van der Waals surface area contributed by atoms with Crippen LogP contribution < -0.4 is 0 Å². The van der Waals surface area contributed by atoms with Gasteiger partial charge in [-0.2, -0.15) is 0 Å². The zero-order valence-corrected chi connectivity index (χ0v) is 14.6. The molecule has 0 N–H and O–H groups in total. The molecule has 0 aromatic carbocycles. The number of rotatable bonds is 3. The van der Waals surface area contributed by atoms with Crippen molar-refractivity contribution >= 4 is 0 Å². The van der Waals surface area contributed by atoms with Gasteiger partial charge < -0.3 is 4.74 Å². The predicted molar refractivity (Wildman–Crippen MR) is 89.9 cm³/mol. The summed E-state index contributed by atoms with van der Waals surface area (Å²) in [6, 6.07) is 0. The third kappa shape index (κ3) is 3.81. The highest BCUT2D eigenvalue weighted by Crippen LogP contribution is 2.45. The van der Waals surface area contributed by atoms with Crippen LogP contribution in [0.4, 0.5) is 8.78 Å². The quantitative estimate of drug-likeness (QED) is 0.610. The van der Waals surface area contributed by atoms with E-state index in [1.54, 1.807) is 5.57 Å². The minimum Gasteiger partial charge on any atom is -0.378 e. The van der Waals surface area contributed by atoms with E-state index in [2.05, 4.69) is 13.0 Å². The smallest absolute Gasteiger partial charge is 0.157 e. The van der Waals surface area contributed by atoms with Crippen molar-refractivity contribution in [2.24, 2.45) is 23.7 Å². The first kappa shape index (κ1) is 17.4. The molecule has 1 nitrogen and oxygen atoms in total. The van der Waals surface area contributed by atoms with Gasteiger partial charge in [-0.15, -0.1) is 0 Å². The Morgan fingerprint density at radius 2 is 1.70 bits per heavy atom. The summed E-state index contributed by atoms with van der Waals surface area (Å²) < 4.78 is 33.7. The van der Waals surface area contributed by atoms with E-state index in [1.807, 2.05) is 0 Å². The predicted octanol–water partition coefficient (Wildman–Crippen LogP) is 5.64. The second-order valence-corrected chi connectivity index (χ2v) is 8.17. The molecule has 132 valence electrons. The van der Waals surface area contributed by atoms with Gasteiger partial charge in [-0.05, 0) is 81.5 Å². The van der Waals surface area contributed by atoms with Crippen LogP contribution in [-0.2, 0) is 4.74 Å². The molecule has 3 aliphatic carbocycles. The summed E-state index contributed by atoms with van der Waals surface area (Å²) in [5.41, 5.74) is 1.66. The maximum Gasteiger partial charge on any atom is 0.157 e. The van der Waals surface area contributed by atoms with E-state index in [0.717, 1.165) is 25.2 Å². The molecule has 0 radical (unpaired) electrons. The van der Waals surface area contributed by atoms with E-state index < -0.39 is 18.4 Å². The number of ether oxygens (including phenoxy) is 1. The molecular formula is C20H32F2O. The van der Waals surface area contributed by atoms with Crippen LogP contribution in [-0.4, -0.2) is 25.6 Å². The van der Waals surface area contributed by atoms with Gasteiger partial charge in [0.25, 0.3) is 0 Å². The van der Waals surface area contributed by atoms with Crippen molar-refractivity contribution in [3.8, 4) is 0 Å². The molecule has 0 aromatic heterocycles. The molecule has 0 spiro atoms. The first-order valence-electron chi connectivity index (χ1n) is 9.60. The van der Waals surface area contributed by atoms with E-state index in [0.29, 0.717) is 18.3 Å². The lowest BCUT2D eigenvalue weighted by atomic mass is 9.67. The number of methoxy groups -OCH3 is 1. The van der Waals surface area contributed by atoms with Crippen molar-refractivity contribution in [3.63, 3.8) is 0 Å². The van der Waals surface area contributed by atoms with Gasteiger partial charge in [0.05, 0.1) is 6.10 Å². The average Bonchev–Trinajstić information content (AvgIpc) is 2.58. The second kappa shape index (κ2) is 7.63. The SMILES string of the molecule is COC1CCC(C2CCC(C3=CCC(C)CC3)CC2)C(F)C1F. The number of hydrogen-bond donors (Lipinski definition) is 0. The van der Waals surface area contributed by atoms with Crippen molar-refractivity contribution in [3.05, 3.63) is 11.6 Å². The van der Waals surface area contributed by atoms with Crippen LogP contribution in [0.2, 0.25) is 0 Å². The maximum atomic E-state index is 14.5. The summed E-state index contributed by atoms with van der Waals surface area (Å²) in [5.74, 6) is 1.84. The summed E-state index contributed by atoms with van der Waals surface area (Å²) in [6.45, 7) is 2.33. The summed E-state index contributed by atoms with van der Waals surface area (Å²) >= 11 is 0. The Morgan fingerprint density at radius 1 is 0.957 bits per heavy atom. The van der Waals surface area contributed by atoms with Gasteiger partial charge in [0.15, 0.2) is 6.17 Å². The fraction of sp³-hybridized carbons (Fsp3) is 0.900. The third-order valence-corrected chi connectivity index (χ3v) is 6.77. The van der Waals surface area contributed by atoms with Crippen LogP contribution in [0, 0.1) is 23.7 Å². The van der Waals surface area contributed by atoms with Crippen molar-refractivity contribution < 1.29 is 13.5 Å². The van der Waals surface area contributed by atoms with E-state index in [9.17, 15) is 8.78 Å². The van der Waals surface area contributed by atoms with Gasteiger partial charge in [0.2, 0.25) is 0 Å². The molecule has 2 saturated carbocycles. The van der Waals surface area contributed by atoms with E-state index in [-0.39, 0.29) is 5.92 Å². The van der Waals surface area contributed by atoms with Crippen LogP contribution in [0.25, 0.3) is 0 Å². The Balaban J connectivity index is 1.53. The van der Waals surface area contributed by atoms with Crippen molar-refractivity contribution in [1.29, 1.82) is 0 Å². The molecule has 0 aliphatic heterocycles. The normalized spacial score (nSPS) is 45.6. The van der Waals surface area contributed by atoms with E-state index in [4.69, 9.17) is 4.74 Å². The van der Waals surface area contributed by atoms with Crippen molar-refractivity contribution in [2.75, 3.05) is 7.11 Å². The van der Waals surface area contributed by atoms with Gasteiger partial charge in [-0.1, -0.05) is 18.6 Å². The monoisotopic (exact) mass is 326 g/mol. The fourth-order valence-electron chi connectivity index (χ4n) is 5.13. The van der Waals surface area contributed by atoms with Crippen molar-refractivity contribution in [1.82, 2.24) is 0 Å². The number of hydrogen-bond acceptors (Lipinski definition) is 1. The molecule has 5 unspecified atom stereocenters. The second-order valence-electron chi connectivity index (χ2n) is 8.17. The molecule has 0 amide bonds. The highest BCUT2D eigenvalue weighted by Gasteiger charge is 2.44. The van der Waals surface area contributed by atoms with Crippen LogP contribution in [0.3, 0.4) is 0 Å². The number of allylic oxidation sites excluding steroid dienone is 2. The van der Waals surface area contributed by atoms with Gasteiger partial charge in [-0.25, -0.2) is 8.78 Å². The molecule has 3 rings (SSSR count). The summed E-state index contributed by atoms with van der Waals surface area (Å²) in [6.07, 6.45) is 8.96. The molecule has 0 saturated heterocycles. The van der Waals surface area contributed by atoms with Gasteiger partial charge >= 0.3 is 0 Å². The molecule has 23 heavy (non-hydrogen) atoms. The first-order chi connectivity index (χ1) is 11.1. The molecule has 0 aromatic rings. The Bertz CT molecular complexity index is 414. The van der Waals surface area contributed by atoms with Crippen molar-refractivity contribution in [2.45, 2.75) is 83.2 Å². The Morgan fingerprint density at radius 3 is 2.30 bits per heavy atom. The van der Waals surface area contributed by atoms with Crippen LogP contribution >= 0.6 is 0 Å². The fourth-order valence-corrected chi connectivity index (χ4v) is 5.13. The molecule has 2 fully saturated rings. The standard InChI is InChI=1S/C20H32F2O/c1-13-3-5-14(6-4-13)15-7-9-16(10-8-15)17-11-12-18(23-2)20(22)19(17)21/h5,13,15-20H,3-4,6-12H2,1-2H3. The van der Waals surface area contributed by atoms with E-state index >= 15 is 0 Å². The zero-order chi connectivity index (χ0) is 16.4. The molecular weight excluding hydrogens is 294 g/mol. The zero-order valence-electron chi connectivity index (χ0n) is 14.6. The van der Waals surface area contributed by atoms with Crippen LogP contribution in [0.5, 0.6) is 0 Å². The van der Waals surface area contributed by atoms with E-state index in [1.165, 1.54) is 39.2 Å². The molecule has 3 aliphatic rings. The average molecular weight is 326 g/mol. The largest absolute Gasteiger partial charge is 0.378 e. The molecule has 0 heterocycles. The topological polar surface area (TPSA) is 9.23 Å². The van der Waals surface area contributed by atoms with Crippen LogP contribution in [0.15, 0.2) is 11.6 Å². The van der Waals surface area contributed by atoms with Gasteiger partial charge in [0.1, 0.15) is 6.17 Å². The Kier molecular flexibility index (Phi) is 5.77. The molecule has 3 heteroatoms. The lowest BCUT2D eigenvalue weighted by Crippen LogP contribution is -2.45. The number of halogens is 2. The highest BCUT2D eigenvalue weighted by atomic mass is 19.2. The molecule has 0 bridgehead atoms. The lowest BCUT2D eigenvalue weighted by Gasteiger charge is -2.41. The molecule has 5 atom stereocenters.